The zero-order valence-electron chi connectivity index (χ0n) is 17.4. The van der Waals surface area contributed by atoms with Gasteiger partial charge in [0.25, 0.3) is 0 Å². The maximum absolute atomic E-state index is 9.79. The molecule has 0 saturated carbocycles. The average Bonchev–Trinajstić information content (AvgIpc) is 3.04. The Balaban J connectivity index is 2.00. The molecule has 1 atom stereocenters. The Kier molecular flexibility index (Phi) is 5.27. The fraction of sp³-hybridized carbons (Fsp3) is 0.400. The fourth-order valence-electron chi connectivity index (χ4n) is 4.84. The summed E-state index contributed by atoms with van der Waals surface area (Å²) in [5, 5.41) is 9.79. The second-order valence-electron chi connectivity index (χ2n) is 9.33. The minimum Gasteiger partial charge on any atom is -0.262 e. The van der Waals surface area contributed by atoms with Gasteiger partial charge in [0.15, 0.2) is 0 Å². The van der Waals surface area contributed by atoms with Gasteiger partial charge in [-0.15, -0.1) is 11.3 Å². The Hall–Kier alpha value is -1.80. The molecule has 0 amide bonds. The normalized spacial score (nSPS) is 24.6. The zero-order chi connectivity index (χ0) is 20.8. The smallest absolute Gasteiger partial charge is 0.0992 e. The predicted octanol–water partition coefficient (Wildman–Crippen LogP) is 6.45. The van der Waals surface area contributed by atoms with Crippen LogP contribution in [0.25, 0.3) is 11.1 Å². The highest BCUT2D eigenvalue weighted by atomic mass is 32.1. The summed E-state index contributed by atoms with van der Waals surface area (Å²) in [7, 11) is 0. The van der Waals surface area contributed by atoms with Crippen molar-refractivity contribution in [2.24, 2.45) is 10.8 Å². The van der Waals surface area contributed by atoms with Crippen LogP contribution in [0.4, 0.5) is 0 Å². The minimum absolute atomic E-state index is 0.0147. The third kappa shape index (κ3) is 3.50. The van der Waals surface area contributed by atoms with Crippen LogP contribution >= 0.6 is 24.2 Å². The number of hydrogen-bond donors (Lipinski definition) is 2. The van der Waals surface area contributed by atoms with Crippen LogP contribution in [0.15, 0.2) is 48.1 Å². The van der Waals surface area contributed by atoms with Crippen LogP contribution in [0, 0.1) is 22.2 Å². The molecule has 0 aliphatic heterocycles. The molecule has 0 saturated heterocycles. The van der Waals surface area contributed by atoms with Crippen LogP contribution in [0.5, 0.6) is 0 Å². The van der Waals surface area contributed by atoms with Gasteiger partial charge in [-0.05, 0) is 47.8 Å². The van der Waals surface area contributed by atoms with Gasteiger partial charge in [-0.2, -0.15) is 5.26 Å². The molecule has 0 spiro atoms. The highest BCUT2D eigenvalue weighted by Crippen LogP contribution is 2.52. The molecule has 3 aliphatic rings. The van der Waals surface area contributed by atoms with E-state index in [4.69, 9.17) is 0 Å². The molecule has 4 rings (SSSR count). The summed E-state index contributed by atoms with van der Waals surface area (Å²) in [6.45, 7) is 11.8. The van der Waals surface area contributed by atoms with Crippen molar-refractivity contribution in [1.29, 1.82) is 5.26 Å². The highest BCUT2D eigenvalue weighted by Gasteiger charge is 2.37. The van der Waals surface area contributed by atoms with E-state index < -0.39 is 0 Å². The number of thiophene rings is 1. The third-order valence-corrected chi connectivity index (χ3v) is 7.99. The van der Waals surface area contributed by atoms with E-state index in [0.29, 0.717) is 12.1 Å². The van der Waals surface area contributed by atoms with Gasteiger partial charge in [-0.1, -0.05) is 70.5 Å². The molecule has 0 aromatic carbocycles. The Labute approximate surface area is 184 Å². The standard InChI is InChI=1S/C25H28N2S2/c1-16(14-26)21-18-13-24(2,3)11-9-20(18)29-23(21)22-17(15-27-28)8-12-25(4)10-6-5-7-19(22)25/h5-8,10,27-28H,1,9,11-13,15H2,2-4H3. The number of hydrogen-bond acceptors (Lipinski definition) is 4. The van der Waals surface area contributed by atoms with E-state index in [0.717, 1.165) is 24.8 Å². The van der Waals surface area contributed by atoms with Gasteiger partial charge >= 0.3 is 0 Å². The maximum atomic E-state index is 9.79. The van der Waals surface area contributed by atoms with Gasteiger partial charge in [-0.25, -0.2) is 0 Å². The summed E-state index contributed by atoms with van der Waals surface area (Å²) in [6, 6.07) is 2.36. The van der Waals surface area contributed by atoms with E-state index in [2.05, 4.69) is 81.3 Å². The fourth-order valence-corrected chi connectivity index (χ4v) is 6.45. The summed E-state index contributed by atoms with van der Waals surface area (Å²) in [4.78, 5) is 2.65. The van der Waals surface area contributed by atoms with Gasteiger partial charge < -0.3 is 0 Å². The number of rotatable bonds is 4. The SMILES string of the molecule is C=C(C#N)c1c(C2=C3C=CC=CC3(C)CC=C2CNS)sc2c1CC(C)(C)CC2. The summed E-state index contributed by atoms with van der Waals surface area (Å²) < 4.78 is 3.05. The van der Waals surface area contributed by atoms with Crippen LogP contribution in [0.2, 0.25) is 0 Å². The van der Waals surface area contributed by atoms with E-state index in [-0.39, 0.29) is 10.8 Å². The molecule has 29 heavy (non-hydrogen) atoms. The number of thiol groups is 1. The van der Waals surface area contributed by atoms with E-state index >= 15 is 0 Å². The Bertz CT molecular complexity index is 1040. The molecule has 1 N–H and O–H groups in total. The van der Waals surface area contributed by atoms with E-state index in [9.17, 15) is 5.26 Å². The minimum atomic E-state index is -0.0147. The number of allylic oxidation sites excluding steroid dienone is 7. The topological polar surface area (TPSA) is 35.8 Å². The van der Waals surface area contributed by atoms with Crippen LogP contribution in [0.1, 0.15) is 54.5 Å². The van der Waals surface area contributed by atoms with Crippen molar-refractivity contribution in [3.8, 4) is 6.07 Å². The second-order valence-corrected chi connectivity index (χ2v) is 10.8. The van der Waals surface area contributed by atoms with E-state index in [1.807, 2.05) is 11.3 Å². The molecule has 2 nitrogen and oxygen atoms in total. The summed E-state index contributed by atoms with van der Waals surface area (Å²) in [6.07, 6.45) is 15.4. The number of nitriles is 1. The van der Waals surface area contributed by atoms with Crippen LogP contribution in [-0.2, 0) is 12.8 Å². The second kappa shape index (κ2) is 7.47. The molecular weight excluding hydrogens is 392 g/mol. The molecule has 1 heterocycles. The lowest BCUT2D eigenvalue weighted by Gasteiger charge is -2.36. The van der Waals surface area contributed by atoms with Crippen LogP contribution in [-0.4, -0.2) is 6.54 Å². The van der Waals surface area contributed by atoms with Crippen molar-refractivity contribution in [3.05, 3.63) is 69.0 Å². The van der Waals surface area contributed by atoms with Crippen LogP contribution < -0.4 is 4.72 Å². The highest BCUT2D eigenvalue weighted by molar-refractivity contribution is 7.78. The molecule has 1 aromatic heterocycles. The Morgan fingerprint density at radius 2 is 2.14 bits per heavy atom. The monoisotopic (exact) mass is 420 g/mol. The summed E-state index contributed by atoms with van der Waals surface area (Å²) >= 11 is 6.17. The molecule has 1 unspecified atom stereocenters. The number of nitrogens with zero attached hydrogens (tertiary/aromatic N) is 1. The largest absolute Gasteiger partial charge is 0.262 e. The first-order valence-corrected chi connectivity index (χ1v) is 11.5. The molecule has 0 fully saturated rings. The molecule has 4 heteroatoms. The first-order valence-electron chi connectivity index (χ1n) is 10.2. The Morgan fingerprint density at radius 3 is 2.86 bits per heavy atom. The van der Waals surface area contributed by atoms with Crippen molar-refractivity contribution < 1.29 is 0 Å². The Morgan fingerprint density at radius 1 is 1.34 bits per heavy atom. The lowest BCUT2D eigenvalue weighted by Crippen LogP contribution is -2.24. The van der Waals surface area contributed by atoms with Gasteiger partial charge in [0.2, 0.25) is 0 Å². The molecule has 3 aliphatic carbocycles. The van der Waals surface area contributed by atoms with Gasteiger partial charge in [0.1, 0.15) is 0 Å². The van der Waals surface area contributed by atoms with Crippen molar-refractivity contribution in [2.75, 3.05) is 6.54 Å². The molecule has 1 aromatic rings. The van der Waals surface area contributed by atoms with Crippen molar-refractivity contribution >= 4 is 35.3 Å². The number of aryl methyl sites for hydroxylation is 1. The van der Waals surface area contributed by atoms with Crippen molar-refractivity contribution in [3.63, 3.8) is 0 Å². The average molecular weight is 421 g/mol. The molecule has 0 bridgehead atoms. The molecule has 150 valence electrons. The van der Waals surface area contributed by atoms with Gasteiger partial charge in [0.05, 0.1) is 11.6 Å². The third-order valence-electron chi connectivity index (χ3n) is 6.52. The van der Waals surface area contributed by atoms with Gasteiger partial charge in [-0.3, -0.25) is 4.72 Å². The first kappa shape index (κ1) is 20.5. The van der Waals surface area contributed by atoms with Crippen molar-refractivity contribution in [2.45, 2.75) is 46.5 Å². The lowest BCUT2D eigenvalue weighted by atomic mass is 9.68. The molecular formula is C25H28N2S2. The van der Waals surface area contributed by atoms with E-state index in [1.54, 1.807) is 0 Å². The maximum Gasteiger partial charge on any atom is 0.0992 e. The number of fused-ring (bicyclic) bond motifs is 2. The quantitative estimate of drug-likeness (QED) is 0.434. The summed E-state index contributed by atoms with van der Waals surface area (Å²) in [5.74, 6) is 0. The summed E-state index contributed by atoms with van der Waals surface area (Å²) in [5.41, 5.74) is 7.13. The van der Waals surface area contributed by atoms with Crippen molar-refractivity contribution in [1.82, 2.24) is 4.72 Å². The molecule has 0 radical (unpaired) electrons. The van der Waals surface area contributed by atoms with Gasteiger partial charge in [0, 0.05) is 32.9 Å². The van der Waals surface area contributed by atoms with E-state index in [1.165, 1.54) is 38.5 Å². The lowest BCUT2D eigenvalue weighted by molar-refractivity contribution is 0.317. The first-order chi connectivity index (χ1) is 13.8. The van der Waals surface area contributed by atoms with Crippen LogP contribution in [0.3, 0.4) is 0 Å². The predicted molar refractivity (Wildman–Crippen MR) is 128 cm³/mol. The number of nitrogens with one attached hydrogen (secondary N) is 1. The zero-order valence-corrected chi connectivity index (χ0v) is 19.1.